The first-order valence-corrected chi connectivity index (χ1v) is 6.63. The lowest BCUT2D eigenvalue weighted by Crippen LogP contribution is -2.47. The Morgan fingerprint density at radius 2 is 2.17 bits per heavy atom. The van der Waals surface area contributed by atoms with Gasteiger partial charge in [-0.05, 0) is 26.2 Å². The molecule has 0 saturated carbocycles. The molecule has 0 aliphatic carbocycles. The lowest BCUT2D eigenvalue weighted by Gasteiger charge is -2.29. The van der Waals surface area contributed by atoms with Gasteiger partial charge >= 0.3 is 0 Å². The number of piperidine rings is 1. The molecule has 2 heterocycles. The van der Waals surface area contributed by atoms with Crippen molar-refractivity contribution in [3.63, 3.8) is 0 Å². The molecule has 6 nitrogen and oxygen atoms in total. The highest BCUT2D eigenvalue weighted by atomic mass is 16.2. The highest BCUT2D eigenvalue weighted by Crippen LogP contribution is 2.09. The van der Waals surface area contributed by atoms with Crippen LogP contribution in [0.1, 0.15) is 26.2 Å². The molecule has 1 fully saturated rings. The van der Waals surface area contributed by atoms with E-state index in [-0.39, 0.29) is 11.9 Å². The van der Waals surface area contributed by atoms with Crippen LogP contribution < -0.4 is 5.32 Å². The zero-order valence-electron chi connectivity index (χ0n) is 10.9. The molecule has 1 aromatic rings. The van der Waals surface area contributed by atoms with Crippen molar-refractivity contribution < 1.29 is 4.79 Å². The fourth-order valence-corrected chi connectivity index (χ4v) is 2.22. The van der Waals surface area contributed by atoms with E-state index in [0.717, 1.165) is 39.0 Å². The zero-order valence-corrected chi connectivity index (χ0v) is 10.9. The van der Waals surface area contributed by atoms with Crippen LogP contribution in [0.3, 0.4) is 0 Å². The van der Waals surface area contributed by atoms with Gasteiger partial charge in [0.1, 0.15) is 0 Å². The van der Waals surface area contributed by atoms with Crippen molar-refractivity contribution in [2.45, 2.75) is 38.8 Å². The van der Waals surface area contributed by atoms with E-state index < -0.39 is 0 Å². The van der Waals surface area contributed by atoms with E-state index >= 15 is 0 Å². The van der Waals surface area contributed by atoms with Crippen LogP contribution in [0.5, 0.6) is 0 Å². The molecule has 0 bridgehead atoms. The third kappa shape index (κ3) is 3.53. The van der Waals surface area contributed by atoms with Gasteiger partial charge in [0.05, 0.1) is 18.8 Å². The number of carbonyl (C=O) groups is 1. The Morgan fingerprint density at radius 3 is 2.83 bits per heavy atom. The number of rotatable bonds is 5. The van der Waals surface area contributed by atoms with E-state index in [4.69, 9.17) is 0 Å². The predicted octanol–water partition coefficient (Wildman–Crippen LogP) is 0.269. The van der Waals surface area contributed by atoms with Crippen molar-refractivity contribution in [3.8, 4) is 0 Å². The third-order valence-corrected chi connectivity index (χ3v) is 3.30. The fourth-order valence-electron chi connectivity index (χ4n) is 2.22. The van der Waals surface area contributed by atoms with Crippen LogP contribution in [0.25, 0.3) is 0 Å². The maximum Gasteiger partial charge on any atom is 0.239 e. The van der Waals surface area contributed by atoms with Crippen molar-refractivity contribution in [3.05, 3.63) is 12.4 Å². The van der Waals surface area contributed by atoms with Gasteiger partial charge in [0.15, 0.2) is 0 Å². The molecule has 6 heteroatoms. The normalized spacial score (nSPS) is 17.7. The maximum absolute atomic E-state index is 12.1. The van der Waals surface area contributed by atoms with Gasteiger partial charge in [-0.1, -0.05) is 5.21 Å². The summed E-state index contributed by atoms with van der Waals surface area (Å²) in [4.78, 5) is 14.1. The quantitative estimate of drug-likeness (QED) is 0.816. The number of aromatic nitrogens is 3. The molecule has 1 aliphatic rings. The Hall–Kier alpha value is -1.43. The SMILES string of the molecule is CC(NCCn1ccnn1)C(=O)N1CCCCC1. The van der Waals surface area contributed by atoms with Crippen LogP contribution >= 0.6 is 0 Å². The lowest BCUT2D eigenvalue weighted by molar-refractivity contribution is -0.133. The number of likely N-dealkylation sites (tertiary alicyclic amines) is 1. The zero-order chi connectivity index (χ0) is 12.8. The molecule has 1 unspecified atom stereocenters. The average Bonchev–Trinajstić information content (AvgIpc) is 2.92. The molecule has 2 rings (SSSR count). The van der Waals surface area contributed by atoms with Gasteiger partial charge in [0.25, 0.3) is 0 Å². The first kappa shape index (κ1) is 13.0. The van der Waals surface area contributed by atoms with Crippen LogP contribution in [-0.2, 0) is 11.3 Å². The van der Waals surface area contributed by atoms with Gasteiger partial charge < -0.3 is 10.2 Å². The van der Waals surface area contributed by atoms with Crippen LogP contribution in [0.2, 0.25) is 0 Å². The largest absolute Gasteiger partial charge is 0.341 e. The van der Waals surface area contributed by atoms with E-state index in [1.54, 1.807) is 10.9 Å². The average molecular weight is 251 g/mol. The number of hydrogen-bond acceptors (Lipinski definition) is 4. The lowest BCUT2D eigenvalue weighted by atomic mass is 10.1. The van der Waals surface area contributed by atoms with Gasteiger partial charge in [0, 0.05) is 25.8 Å². The van der Waals surface area contributed by atoms with Gasteiger partial charge in [0.2, 0.25) is 5.91 Å². The monoisotopic (exact) mass is 251 g/mol. The van der Waals surface area contributed by atoms with Crippen molar-refractivity contribution >= 4 is 5.91 Å². The van der Waals surface area contributed by atoms with Crippen LogP contribution in [-0.4, -0.2) is 51.5 Å². The summed E-state index contributed by atoms with van der Waals surface area (Å²) in [5.74, 6) is 0.216. The van der Waals surface area contributed by atoms with Gasteiger partial charge in [-0.2, -0.15) is 0 Å². The summed E-state index contributed by atoms with van der Waals surface area (Å²) in [6.45, 7) is 5.21. The molecule has 1 N–H and O–H groups in total. The Morgan fingerprint density at radius 1 is 1.39 bits per heavy atom. The predicted molar refractivity (Wildman–Crippen MR) is 67.9 cm³/mol. The van der Waals surface area contributed by atoms with E-state index in [1.165, 1.54) is 6.42 Å². The summed E-state index contributed by atoms with van der Waals surface area (Å²) in [7, 11) is 0. The molecule has 1 atom stereocenters. The molecule has 0 radical (unpaired) electrons. The fraction of sp³-hybridized carbons (Fsp3) is 0.750. The topological polar surface area (TPSA) is 63.1 Å². The standard InChI is InChI=1S/C12H21N5O/c1-11(12(18)16-7-3-2-4-8-16)13-5-9-17-10-6-14-15-17/h6,10-11,13H,2-5,7-9H2,1H3. The second-order valence-electron chi connectivity index (χ2n) is 4.73. The molecule has 1 amide bonds. The highest BCUT2D eigenvalue weighted by Gasteiger charge is 2.21. The van der Waals surface area contributed by atoms with Gasteiger partial charge in [-0.15, -0.1) is 5.10 Å². The summed E-state index contributed by atoms with van der Waals surface area (Å²) in [6, 6.07) is -0.119. The van der Waals surface area contributed by atoms with Crippen molar-refractivity contribution in [1.29, 1.82) is 0 Å². The van der Waals surface area contributed by atoms with Crippen molar-refractivity contribution in [2.24, 2.45) is 0 Å². The van der Waals surface area contributed by atoms with E-state index in [2.05, 4.69) is 15.6 Å². The Balaban J connectivity index is 1.70. The Kier molecular flexibility index (Phi) is 4.69. The number of hydrogen-bond donors (Lipinski definition) is 1. The summed E-state index contributed by atoms with van der Waals surface area (Å²) < 4.78 is 1.76. The van der Waals surface area contributed by atoms with Crippen molar-refractivity contribution in [2.75, 3.05) is 19.6 Å². The number of carbonyl (C=O) groups excluding carboxylic acids is 1. The molecule has 18 heavy (non-hydrogen) atoms. The Bertz CT molecular complexity index is 359. The molecule has 1 saturated heterocycles. The minimum absolute atomic E-state index is 0.119. The van der Waals surface area contributed by atoms with E-state index in [1.807, 2.05) is 18.0 Å². The number of amides is 1. The maximum atomic E-state index is 12.1. The second kappa shape index (κ2) is 6.49. The summed E-state index contributed by atoms with van der Waals surface area (Å²) >= 11 is 0. The minimum Gasteiger partial charge on any atom is -0.341 e. The first-order chi connectivity index (χ1) is 8.77. The number of nitrogens with one attached hydrogen (secondary N) is 1. The summed E-state index contributed by atoms with van der Waals surface area (Å²) in [6.07, 6.45) is 6.99. The molecule has 1 aliphatic heterocycles. The molecule has 0 aromatic carbocycles. The van der Waals surface area contributed by atoms with Gasteiger partial charge in [-0.25, -0.2) is 0 Å². The molecular weight excluding hydrogens is 230 g/mol. The highest BCUT2D eigenvalue weighted by molar-refractivity contribution is 5.81. The first-order valence-electron chi connectivity index (χ1n) is 6.63. The van der Waals surface area contributed by atoms with Crippen molar-refractivity contribution in [1.82, 2.24) is 25.2 Å². The van der Waals surface area contributed by atoms with Gasteiger partial charge in [-0.3, -0.25) is 9.48 Å². The third-order valence-electron chi connectivity index (χ3n) is 3.30. The molecular formula is C12H21N5O. The van der Waals surface area contributed by atoms with E-state index in [9.17, 15) is 4.79 Å². The second-order valence-corrected chi connectivity index (χ2v) is 4.73. The molecule has 100 valence electrons. The number of nitrogens with zero attached hydrogens (tertiary/aromatic N) is 4. The van der Waals surface area contributed by atoms with E-state index in [0.29, 0.717) is 0 Å². The van der Waals surface area contributed by atoms with Crippen LogP contribution in [0.4, 0.5) is 0 Å². The summed E-state index contributed by atoms with van der Waals surface area (Å²) in [5, 5.41) is 10.9. The smallest absolute Gasteiger partial charge is 0.239 e. The van der Waals surface area contributed by atoms with Crippen LogP contribution in [0, 0.1) is 0 Å². The molecule has 1 aromatic heterocycles. The Labute approximate surface area is 107 Å². The van der Waals surface area contributed by atoms with Crippen LogP contribution in [0.15, 0.2) is 12.4 Å². The summed E-state index contributed by atoms with van der Waals surface area (Å²) in [5.41, 5.74) is 0. The minimum atomic E-state index is -0.119. The molecule has 0 spiro atoms.